The third kappa shape index (κ3) is 9.20. The minimum atomic E-state index is -3.20. The molecule has 0 aliphatic carbocycles. The fourth-order valence-corrected chi connectivity index (χ4v) is 6.28. The van der Waals surface area contributed by atoms with Crippen LogP contribution in [0.4, 0.5) is 4.39 Å². The van der Waals surface area contributed by atoms with Gasteiger partial charge < -0.3 is 23.1 Å². The van der Waals surface area contributed by atoms with Crippen molar-refractivity contribution >= 4 is 29.5 Å². The Morgan fingerprint density at radius 1 is 1.27 bits per heavy atom. The van der Waals surface area contributed by atoms with Crippen molar-refractivity contribution in [2.45, 2.75) is 96.7 Å². The summed E-state index contributed by atoms with van der Waals surface area (Å²) in [5.74, 6) is -2.86. The highest BCUT2D eigenvalue weighted by Crippen LogP contribution is 2.51. The van der Waals surface area contributed by atoms with Gasteiger partial charge in [0.2, 0.25) is 0 Å². The van der Waals surface area contributed by atoms with Crippen LogP contribution in [0.1, 0.15) is 54.4 Å². The fraction of sp³-hybridized carbons (Fsp3) is 0.905. The van der Waals surface area contributed by atoms with Gasteiger partial charge in [-0.3, -0.25) is 4.79 Å². The maximum atomic E-state index is 15.2. The largest absolute Gasteiger partial charge is 0.456 e. The van der Waals surface area contributed by atoms with Gasteiger partial charge in [0, 0.05) is 18.5 Å². The molecule has 1 aliphatic rings. The highest BCUT2D eigenvalue weighted by molar-refractivity contribution is 7.62. The van der Waals surface area contributed by atoms with E-state index in [1.165, 1.54) is 13.3 Å². The molecule has 190 valence electrons. The van der Waals surface area contributed by atoms with Crippen LogP contribution in [0.3, 0.4) is 0 Å². The molecule has 0 aromatic rings. The second-order valence-corrected chi connectivity index (χ2v) is 14.4. The molecule has 1 fully saturated rings. The number of nitriles is 1. The van der Waals surface area contributed by atoms with Crippen LogP contribution in [0.25, 0.3) is 0 Å². The zero-order valence-corrected chi connectivity index (χ0v) is 23.1. The molecule has 1 aliphatic heterocycles. The van der Waals surface area contributed by atoms with E-state index in [1.54, 1.807) is 13.8 Å². The smallest absolute Gasteiger partial charge is 0.308 e. The predicted molar refractivity (Wildman–Crippen MR) is 131 cm³/mol. The Kier molecular flexibility index (Phi) is 12.5. The van der Waals surface area contributed by atoms with Gasteiger partial charge in [-0.25, -0.2) is 9.06 Å². The Morgan fingerprint density at radius 3 is 2.30 bits per heavy atom. The van der Waals surface area contributed by atoms with Gasteiger partial charge >= 0.3 is 5.97 Å². The number of hydrogen-bond acceptors (Lipinski definition) is 8. The maximum absolute atomic E-state index is 15.2. The Hall–Kier alpha value is -0.545. The second-order valence-electron chi connectivity index (χ2n) is 9.67. The molecule has 0 aromatic heterocycles. The summed E-state index contributed by atoms with van der Waals surface area (Å²) >= 11 is 0. The summed E-state index contributed by atoms with van der Waals surface area (Å²) in [4.78, 5) is 12.3. The fourth-order valence-electron chi connectivity index (χ4n) is 3.52. The van der Waals surface area contributed by atoms with Crippen LogP contribution in [0, 0.1) is 17.2 Å². The first-order valence-corrected chi connectivity index (χ1v) is 15.3. The van der Waals surface area contributed by atoms with E-state index in [2.05, 4.69) is 10.7 Å². The van der Waals surface area contributed by atoms with Gasteiger partial charge in [0.05, 0.1) is 43.2 Å². The third-order valence-electron chi connectivity index (χ3n) is 5.22. The highest BCUT2D eigenvalue weighted by Gasteiger charge is 2.47. The van der Waals surface area contributed by atoms with Gasteiger partial charge in [-0.05, 0) is 41.0 Å². The van der Waals surface area contributed by atoms with Crippen molar-refractivity contribution in [1.82, 2.24) is 4.67 Å². The quantitative estimate of drug-likeness (QED) is 0.160. The zero-order chi connectivity index (χ0) is 25.5. The van der Waals surface area contributed by atoms with Crippen LogP contribution in [0.15, 0.2) is 0 Å². The van der Waals surface area contributed by atoms with Crippen molar-refractivity contribution in [3.8, 4) is 6.07 Å². The zero-order valence-electron chi connectivity index (χ0n) is 21.4. The van der Waals surface area contributed by atoms with Gasteiger partial charge in [-0.2, -0.15) is 5.26 Å². The SMILES string of the molecule is B[C@@H]1O[C@H](C(OC(=O)C(C)C)C(F)P(C)(C)=O)C[C@@H]1OP(OCCC#N)N(C(C)C)C(C)C. The summed E-state index contributed by atoms with van der Waals surface area (Å²) in [7, 11) is -2.90. The molecule has 0 amide bonds. The molecular weight excluding hydrogens is 468 g/mol. The van der Waals surface area contributed by atoms with Crippen molar-refractivity contribution in [1.29, 1.82) is 5.26 Å². The molecule has 6 atom stereocenters. The summed E-state index contributed by atoms with van der Waals surface area (Å²) in [6.07, 6.45) is -2.01. The topological polar surface area (TPSA) is 98.1 Å². The molecule has 1 saturated heterocycles. The van der Waals surface area contributed by atoms with Gasteiger partial charge in [0.15, 0.2) is 12.0 Å². The minimum Gasteiger partial charge on any atom is -0.456 e. The number of rotatable bonds is 13. The van der Waals surface area contributed by atoms with E-state index in [0.717, 1.165) is 0 Å². The van der Waals surface area contributed by atoms with E-state index < -0.39 is 57.8 Å². The van der Waals surface area contributed by atoms with Gasteiger partial charge in [-0.15, -0.1) is 0 Å². The molecule has 0 radical (unpaired) electrons. The van der Waals surface area contributed by atoms with Gasteiger partial charge in [0.1, 0.15) is 15.0 Å². The number of nitrogens with zero attached hydrogens (tertiary/aromatic N) is 2. The second kappa shape index (κ2) is 13.5. The number of hydrogen-bond donors (Lipinski definition) is 0. The number of alkyl halides is 1. The first-order chi connectivity index (χ1) is 15.2. The van der Waals surface area contributed by atoms with Gasteiger partial charge in [-0.1, -0.05) is 13.8 Å². The molecule has 12 heteroatoms. The van der Waals surface area contributed by atoms with Crippen LogP contribution in [-0.2, 0) is 27.9 Å². The van der Waals surface area contributed by atoms with E-state index >= 15 is 4.39 Å². The monoisotopic (exact) mass is 508 g/mol. The molecule has 0 spiro atoms. The molecule has 0 bridgehead atoms. The number of carbonyl (C=O) groups excluding carboxylic acids is 1. The maximum Gasteiger partial charge on any atom is 0.308 e. The molecular formula is C21H40BFN2O6P2. The van der Waals surface area contributed by atoms with Crippen LogP contribution in [-0.4, -0.2) is 80.7 Å². The molecule has 1 rings (SSSR count). The summed E-state index contributed by atoms with van der Waals surface area (Å²) in [6.45, 7) is 14.4. The Labute approximate surface area is 200 Å². The van der Waals surface area contributed by atoms with E-state index in [4.69, 9.17) is 23.8 Å². The third-order valence-corrected chi connectivity index (χ3v) is 8.86. The van der Waals surface area contributed by atoms with Crippen molar-refractivity contribution in [3.63, 3.8) is 0 Å². The van der Waals surface area contributed by atoms with Crippen molar-refractivity contribution in [2.75, 3.05) is 19.9 Å². The Bertz CT molecular complexity index is 709. The van der Waals surface area contributed by atoms with Crippen LogP contribution >= 0.6 is 15.7 Å². The lowest BCUT2D eigenvalue weighted by Crippen LogP contribution is -2.40. The molecule has 0 saturated carbocycles. The summed E-state index contributed by atoms with van der Waals surface area (Å²) < 4.78 is 53.5. The summed E-state index contributed by atoms with van der Waals surface area (Å²) in [5.41, 5.74) is 0. The molecule has 0 aromatic carbocycles. The molecule has 1 heterocycles. The number of carbonyl (C=O) groups is 1. The number of esters is 1. The van der Waals surface area contributed by atoms with E-state index in [0.29, 0.717) is 0 Å². The lowest BCUT2D eigenvalue weighted by molar-refractivity contribution is -0.162. The lowest BCUT2D eigenvalue weighted by atomic mass is 9.94. The number of ether oxygens (including phenoxy) is 2. The van der Waals surface area contributed by atoms with E-state index in [1.807, 2.05) is 35.5 Å². The first-order valence-electron chi connectivity index (χ1n) is 11.5. The minimum absolute atomic E-state index is 0.132. The van der Waals surface area contributed by atoms with Crippen molar-refractivity contribution < 1.29 is 32.3 Å². The van der Waals surface area contributed by atoms with E-state index in [-0.39, 0.29) is 31.5 Å². The average molecular weight is 508 g/mol. The van der Waals surface area contributed by atoms with Crippen molar-refractivity contribution in [2.24, 2.45) is 5.92 Å². The molecule has 0 N–H and O–H groups in total. The number of halogens is 1. The molecule has 3 unspecified atom stereocenters. The van der Waals surface area contributed by atoms with Crippen LogP contribution in [0.5, 0.6) is 0 Å². The van der Waals surface area contributed by atoms with Crippen LogP contribution < -0.4 is 0 Å². The Morgan fingerprint density at radius 2 is 1.85 bits per heavy atom. The molecule has 33 heavy (non-hydrogen) atoms. The predicted octanol–water partition coefficient (Wildman–Crippen LogP) is 3.88. The van der Waals surface area contributed by atoms with Crippen LogP contribution in [0.2, 0.25) is 0 Å². The molecule has 8 nitrogen and oxygen atoms in total. The van der Waals surface area contributed by atoms with Gasteiger partial charge in [0.25, 0.3) is 8.53 Å². The standard InChI is InChI=1S/C21H40BFN2O6P2/c1-13(2)21(26)30-18(20(23)33(7,8)27)16-12-17(19(22)29-16)31-32(28-11-9-10-24)25(14(3)4)15(5)6/h13-20H,9,11-12,22H2,1-8H3/t16-,17-,18?,19+,20?,32?/m0/s1. The summed E-state index contributed by atoms with van der Waals surface area (Å²) in [6, 6.07) is 1.92. The van der Waals surface area contributed by atoms with E-state index in [9.17, 15) is 9.36 Å². The highest BCUT2D eigenvalue weighted by atomic mass is 31.2. The van der Waals surface area contributed by atoms with Crippen molar-refractivity contribution in [3.05, 3.63) is 0 Å². The Balaban J connectivity index is 3.09. The summed E-state index contributed by atoms with van der Waals surface area (Å²) in [5, 5.41) is 8.89. The normalized spacial score (nSPS) is 24.3. The lowest BCUT2D eigenvalue weighted by Gasteiger charge is -2.37. The first kappa shape index (κ1) is 30.5. The average Bonchev–Trinajstić information content (AvgIpc) is 3.04.